The van der Waals surface area contributed by atoms with Gasteiger partial charge in [-0.3, -0.25) is 9.89 Å². The summed E-state index contributed by atoms with van der Waals surface area (Å²) in [6.07, 6.45) is 5.86. The molecule has 0 amide bonds. The molecule has 2 heterocycles. The van der Waals surface area contributed by atoms with E-state index in [2.05, 4.69) is 63.8 Å². The molecule has 3 aliphatic rings. The summed E-state index contributed by atoms with van der Waals surface area (Å²) in [6, 6.07) is 9.22. The first-order valence-corrected chi connectivity index (χ1v) is 10.7. The Labute approximate surface area is 169 Å². The average Bonchev–Trinajstić information content (AvgIpc) is 3.14. The standard InChI is InChI=1S/C22H35N5O/c1-23-21(24-15-17-16-26(2)12-13-27(17)3)25-19-14-22(10-6-7-11-22)28-20-9-5-4-8-18(19)20/h4-5,8-9,17,19H,6-7,10-16H2,1-3H3,(H2,23,24,25). The summed E-state index contributed by atoms with van der Waals surface area (Å²) in [7, 11) is 6.28. The number of guanidine groups is 1. The van der Waals surface area contributed by atoms with Crippen molar-refractivity contribution < 1.29 is 4.74 Å². The van der Waals surface area contributed by atoms with Gasteiger partial charge in [-0.15, -0.1) is 0 Å². The quantitative estimate of drug-likeness (QED) is 0.617. The molecule has 2 atom stereocenters. The van der Waals surface area contributed by atoms with E-state index in [-0.39, 0.29) is 11.6 Å². The molecule has 2 N–H and O–H groups in total. The van der Waals surface area contributed by atoms with Crippen molar-refractivity contribution in [3.05, 3.63) is 29.8 Å². The second-order valence-corrected chi connectivity index (χ2v) is 8.78. The van der Waals surface area contributed by atoms with Gasteiger partial charge in [0.2, 0.25) is 0 Å². The lowest BCUT2D eigenvalue weighted by Crippen LogP contribution is -2.56. The number of likely N-dealkylation sites (N-methyl/N-ethyl adjacent to an activating group) is 2. The summed E-state index contributed by atoms with van der Waals surface area (Å²) in [5, 5.41) is 7.28. The van der Waals surface area contributed by atoms with E-state index in [1.165, 1.54) is 18.4 Å². The van der Waals surface area contributed by atoms with Crippen molar-refractivity contribution in [3.8, 4) is 5.75 Å². The van der Waals surface area contributed by atoms with Crippen molar-refractivity contribution in [3.63, 3.8) is 0 Å². The smallest absolute Gasteiger partial charge is 0.191 e. The van der Waals surface area contributed by atoms with Crippen molar-refractivity contribution >= 4 is 5.96 Å². The number of nitrogens with zero attached hydrogens (tertiary/aromatic N) is 3. The summed E-state index contributed by atoms with van der Waals surface area (Å²) >= 11 is 0. The minimum Gasteiger partial charge on any atom is -0.487 e. The third-order valence-corrected chi connectivity index (χ3v) is 6.73. The van der Waals surface area contributed by atoms with E-state index in [1.807, 2.05) is 7.05 Å². The van der Waals surface area contributed by atoms with E-state index >= 15 is 0 Å². The second-order valence-electron chi connectivity index (χ2n) is 8.78. The van der Waals surface area contributed by atoms with E-state index in [0.29, 0.717) is 6.04 Å². The van der Waals surface area contributed by atoms with Crippen LogP contribution in [-0.4, -0.2) is 74.7 Å². The maximum Gasteiger partial charge on any atom is 0.191 e. The van der Waals surface area contributed by atoms with Gasteiger partial charge in [-0.2, -0.15) is 0 Å². The molecule has 154 valence electrons. The third-order valence-electron chi connectivity index (χ3n) is 6.73. The van der Waals surface area contributed by atoms with Gasteiger partial charge < -0.3 is 20.3 Å². The highest BCUT2D eigenvalue weighted by atomic mass is 16.5. The normalized spacial score (nSPS) is 28.0. The van der Waals surface area contributed by atoms with Crippen molar-refractivity contribution in [2.75, 3.05) is 47.3 Å². The van der Waals surface area contributed by atoms with Gasteiger partial charge in [-0.1, -0.05) is 18.2 Å². The SMILES string of the molecule is CN=C(NCC1CN(C)CCN1C)NC1CC2(CCCC2)Oc2ccccc21. The van der Waals surface area contributed by atoms with Crippen LogP contribution in [-0.2, 0) is 0 Å². The molecule has 1 saturated carbocycles. The Hall–Kier alpha value is -1.79. The maximum atomic E-state index is 6.49. The summed E-state index contributed by atoms with van der Waals surface area (Å²) in [6.45, 7) is 4.24. The zero-order valence-corrected chi connectivity index (χ0v) is 17.6. The maximum absolute atomic E-state index is 6.49. The summed E-state index contributed by atoms with van der Waals surface area (Å²) < 4.78 is 6.49. The fourth-order valence-corrected chi connectivity index (χ4v) is 4.97. The van der Waals surface area contributed by atoms with Crippen LogP contribution in [0.25, 0.3) is 0 Å². The van der Waals surface area contributed by atoms with Gasteiger partial charge >= 0.3 is 0 Å². The molecule has 2 fully saturated rings. The number of hydrogen-bond acceptors (Lipinski definition) is 4. The Kier molecular flexibility index (Phi) is 5.78. The van der Waals surface area contributed by atoms with Crippen LogP contribution < -0.4 is 15.4 Å². The highest BCUT2D eigenvalue weighted by molar-refractivity contribution is 5.80. The first-order chi connectivity index (χ1) is 13.6. The summed E-state index contributed by atoms with van der Waals surface area (Å²) in [5.74, 6) is 1.92. The van der Waals surface area contributed by atoms with Crippen LogP contribution in [0.1, 0.15) is 43.7 Å². The Morgan fingerprint density at radius 3 is 2.79 bits per heavy atom. The number of benzene rings is 1. The van der Waals surface area contributed by atoms with E-state index < -0.39 is 0 Å². The monoisotopic (exact) mass is 385 g/mol. The van der Waals surface area contributed by atoms with Crippen LogP contribution in [0, 0.1) is 0 Å². The van der Waals surface area contributed by atoms with Gasteiger partial charge in [-0.25, -0.2) is 0 Å². The molecule has 1 aliphatic carbocycles. The first-order valence-electron chi connectivity index (χ1n) is 10.7. The number of hydrogen-bond donors (Lipinski definition) is 2. The number of nitrogens with one attached hydrogen (secondary N) is 2. The van der Waals surface area contributed by atoms with Crippen LogP contribution in [0.5, 0.6) is 5.75 Å². The highest BCUT2D eigenvalue weighted by Crippen LogP contribution is 2.46. The molecule has 4 rings (SSSR count). The summed E-state index contributed by atoms with van der Waals surface area (Å²) in [5.41, 5.74) is 1.24. The molecule has 1 spiro atoms. The molecule has 0 aromatic heterocycles. The molecule has 1 aromatic carbocycles. The number of fused-ring (bicyclic) bond motifs is 1. The molecule has 1 saturated heterocycles. The van der Waals surface area contributed by atoms with Gasteiger partial charge in [0.05, 0.1) is 6.04 Å². The fraction of sp³-hybridized carbons (Fsp3) is 0.682. The lowest BCUT2D eigenvalue weighted by Gasteiger charge is -2.41. The molecule has 6 nitrogen and oxygen atoms in total. The van der Waals surface area contributed by atoms with E-state index in [9.17, 15) is 0 Å². The van der Waals surface area contributed by atoms with Crippen molar-refractivity contribution in [2.24, 2.45) is 4.99 Å². The molecule has 0 bridgehead atoms. The van der Waals surface area contributed by atoms with Gasteiger partial charge in [0, 0.05) is 51.3 Å². The molecular formula is C22H35N5O. The Balaban J connectivity index is 1.44. The lowest BCUT2D eigenvalue weighted by molar-refractivity contribution is 0.0395. The minimum atomic E-state index is -0.00281. The van der Waals surface area contributed by atoms with Crippen molar-refractivity contribution in [1.29, 1.82) is 0 Å². The fourth-order valence-electron chi connectivity index (χ4n) is 4.97. The molecule has 2 aliphatic heterocycles. The van der Waals surface area contributed by atoms with Gasteiger partial charge in [0.1, 0.15) is 11.4 Å². The summed E-state index contributed by atoms with van der Waals surface area (Å²) in [4.78, 5) is 9.37. The zero-order valence-electron chi connectivity index (χ0n) is 17.6. The van der Waals surface area contributed by atoms with Crippen LogP contribution in [0.2, 0.25) is 0 Å². The van der Waals surface area contributed by atoms with Crippen LogP contribution in [0.15, 0.2) is 29.3 Å². The van der Waals surface area contributed by atoms with Gasteiger partial charge in [0.25, 0.3) is 0 Å². The number of aliphatic imine (C=N–C) groups is 1. The first kappa shape index (κ1) is 19.5. The zero-order chi connectivity index (χ0) is 19.6. The third kappa shape index (κ3) is 4.13. The molecular weight excluding hydrogens is 350 g/mol. The number of ether oxygens (including phenoxy) is 1. The van der Waals surface area contributed by atoms with Crippen molar-refractivity contribution in [1.82, 2.24) is 20.4 Å². The Morgan fingerprint density at radius 2 is 2.00 bits per heavy atom. The number of para-hydroxylation sites is 1. The molecule has 1 aromatic rings. The number of rotatable bonds is 3. The Bertz CT molecular complexity index is 700. The van der Waals surface area contributed by atoms with Gasteiger partial charge in [-0.05, 0) is 45.8 Å². The van der Waals surface area contributed by atoms with Gasteiger partial charge in [0.15, 0.2) is 5.96 Å². The number of piperazine rings is 1. The minimum absolute atomic E-state index is 0.00281. The van der Waals surface area contributed by atoms with E-state index in [0.717, 1.165) is 57.2 Å². The predicted octanol–water partition coefficient (Wildman–Crippen LogP) is 2.23. The lowest BCUT2D eigenvalue weighted by atomic mass is 9.86. The van der Waals surface area contributed by atoms with Crippen LogP contribution in [0.4, 0.5) is 0 Å². The van der Waals surface area contributed by atoms with Crippen LogP contribution >= 0.6 is 0 Å². The largest absolute Gasteiger partial charge is 0.487 e. The van der Waals surface area contributed by atoms with Crippen LogP contribution in [0.3, 0.4) is 0 Å². The second kappa shape index (κ2) is 8.29. The van der Waals surface area contributed by atoms with E-state index in [1.54, 1.807) is 0 Å². The molecule has 2 unspecified atom stereocenters. The molecule has 0 radical (unpaired) electrons. The molecule has 28 heavy (non-hydrogen) atoms. The average molecular weight is 386 g/mol. The predicted molar refractivity (Wildman–Crippen MR) is 114 cm³/mol. The van der Waals surface area contributed by atoms with E-state index in [4.69, 9.17) is 4.74 Å². The molecule has 6 heteroatoms. The highest BCUT2D eigenvalue weighted by Gasteiger charge is 2.43. The topological polar surface area (TPSA) is 52.1 Å². The van der Waals surface area contributed by atoms with Crippen molar-refractivity contribution in [2.45, 2.75) is 49.8 Å². The Morgan fingerprint density at radius 1 is 1.21 bits per heavy atom.